The molecule has 2 heterocycles. The van der Waals surface area contributed by atoms with E-state index in [2.05, 4.69) is 15.2 Å². The monoisotopic (exact) mass is 358 g/mol. The number of thioether (sulfide) groups is 1. The molecule has 1 unspecified atom stereocenters. The molecule has 0 aliphatic carbocycles. The third-order valence-electron chi connectivity index (χ3n) is 4.15. The van der Waals surface area contributed by atoms with Crippen molar-refractivity contribution in [3.63, 3.8) is 0 Å². The molecule has 0 aliphatic rings. The maximum absolute atomic E-state index is 13.0. The summed E-state index contributed by atoms with van der Waals surface area (Å²) in [5.41, 5.74) is 3.46. The molecule has 0 aliphatic heterocycles. The van der Waals surface area contributed by atoms with Crippen molar-refractivity contribution in [1.29, 1.82) is 0 Å². The molecule has 0 fully saturated rings. The predicted octanol–water partition coefficient (Wildman–Crippen LogP) is 4.03. The third-order valence-corrected chi connectivity index (χ3v) is 5.35. The Bertz CT molecular complexity index is 871. The largest absolute Gasteiger partial charge is 0.293 e. The molecule has 1 N–H and O–H groups in total. The minimum Gasteiger partial charge on any atom is -0.293 e. The summed E-state index contributed by atoms with van der Waals surface area (Å²) in [7, 11) is 0. The van der Waals surface area contributed by atoms with Gasteiger partial charge < -0.3 is 0 Å². The van der Waals surface area contributed by atoms with Gasteiger partial charge in [0.25, 0.3) is 0 Å². The van der Waals surface area contributed by atoms with Gasteiger partial charge in [0.1, 0.15) is 12.1 Å². The van der Waals surface area contributed by atoms with E-state index < -0.39 is 0 Å². The van der Waals surface area contributed by atoms with E-state index in [1.807, 2.05) is 31.4 Å². The number of aromatic nitrogens is 4. The van der Waals surface area contributed by atoms with Gasteiger partial charge in [0, 0.05) is 22.2 Å². The van der Waals surface area contributed by atoms with Gasteiger partial charge in [-0.1, -0.05) is 12.1 Å². The molecule has 7 heteroatoms. The average molecular weight is 358 g/mol. The molecule has 1 atom stereocenters. The minimum absolute atomic E-state index is 0.0674. The number of carbonyl (C=O) groups is 1. The average Bonchev–Trinajstić information content (AvgIpc) is 3.21. The van der Waals surface area contributed by atoms with E-state index in [-0.39, 0.29) is 16.9 Å². The number of aromatic amines is 1. The fourth-order valence-electron chi connectivity index (χ4n) is 2.79. The van der Waals surface area contributed by atoms with Crippen molar-refractivity contribution in [2.24, 2.45) is 0 Å². The fraction of sp³-hybridized carbons (Fsp3) is 0.278. The molecule has 1 aromatic carbocycles. The second-order valence-corrected chi connectivity index (χ2v) is 7.19. The molecule has 0 saturated carbocycles. The number of ketones is 1. The van der Waals surface area contributed by atoms with Crippen LogP contribution in [0.5, 0.6) is 0 Å². The highest BCUT2D eigenvalue weighted by atomic mass is 32.2. The van der Waals surface area contributed by atoms with Gasteiger partial charge in [-0.3, -0.25) is 9.36 Å². The lowest BCUT2D eigenvalue weighted by atomic mass is 10.2. The fourth-order valence-corrected chi connectivity index (χ4v) is 3.69. The van der Waals surface area contributed by atoms with Gasteiger partial charge in [0.2, 0.25) is 5.95 Å². The molecule has 3 aromatic rings. The Balaban J connectivity index is 1.72. The van der Waals surface area contributed by atoms with Crippen LogP contribution in [0.3, 0.4) is 0 Å². The van der Waals surface area contributed by atoms with E-state index in [1.54, 1.807) is 23.9 Å². The lowest BCUT2D eigenvalue weighted by molar-refractivity contribution is 0.102. The summed E-state index contributed by atoms with van der Waals surface area (Å²) in [6.07, 6.45) is 1.44. The molecule has 0 bridgehead atoms. The highest BCUT2D eigenvalue weighted by molar-refractivity contribution is 8.00. The third kappa shape index (κ3) is 3.66. The molecule has 25 heavy (non-hydrogen) atoms. The maximum Gasteiger partial charge on any atom is 0.229 e. The molecule has 130 valence electrons. The van der Waals surface area contributed by atoms with Crippen LogP contribution in [0.1, 0.15) is 39.5 Å². The van der Waals surface area contributed by atoms with Gasteiger partial charge in [-0.15, -0.1) is 11.8 Å². The Morgan fingerprint density at radius 1 is 1.32 bits per heavy atom. The number of halogens is 1. The maximum atomic E-state index is 13.0. The standard InChI is InChI=1S/C18H19FN4OS/c1-11-8-16(12(2)23(11)18-20-10-21-22-18)17(24)9-25-13(3)14-4-6-15(19)7-5-14/h4-8,10,13H,9H2,1-3H3,(H,20,21,22). The summed E-state index contributed by atoms with van der Waals surface area (Å²) in [5, 5.41) is 6.79. The van der Waals surface area contributed by atoms with Gasteiger partial charge in [-0.05, 0) is 44.5 Å². The van der Waals surface area contributed by atoms with Crippen molar-refractivity contribution in [2.75, 3.05) is 5.75 Å². The summed E-state index contributed by atoms with van der Waals surface area (Å²) in [6, 6.07) is 8.28. The molecule has 5 nitrogen and oxygen atoms in total. The van der Waals surface area contributed by atoms with Crippen LogP contribution in [0.15, 0.2) is 36.7 Å². The van der Waals surface area contributed by atoms with Crippen molar-refractivity contribution in [3.8, 4) is 5.95 Å². The Labute approximate surface area is 149 Å². The Morgan fingerprint density at radius 3 is 2.68 bits per heavy atom. The van der Waals surface area contributed by atoms with E-state index in [0.717, 1.165) is 17.0 Å². The first kappa shape index (κ1) is 17.4. The van der Waals surface area contributed by atoms with E-state index in [0.29, 0.717) is 17.3 Å². The highest BCUT2D eigenvalue weighted by Gasteiger charge is 2.19. The first-order valence-corrected chi connectivity index (χ1v) is 8.97. The second-order valence-electron chi connectivity index (χ2n) is 5.86. The van der Waals surface area contributed by atoms with Gasteiger partial charge in [-0.25, -0.2) is 9.49 Å². The SMILES string of the molecule is Cc1cc(C(=O)CSC(C)c2ccc(F)cc2)c(C)n1-c1ncn[nH]1. The van der Waals surface area contributed by atoms with E-state index >= 15 is 0 Å². The van der Waals surface area contributed by atoms with Crippen LogP contribution >= 0.6 is 11.8 Å². The summed E-state index contributed by atoms with van der Waals surface area (Å²) < 4.78 is 14.9. The van der Waals surface area contributed by atoms with Gasteiger partial charge in [-0.2, -0.15) is 10.1 Å². The Morgan fingerprint density at radius 2 is 2.04 bits per heavy atom. The zero-order valence-electron chi connectivity index (χ0n) is 14.3. The summed E-state index contributed by atoms with van der Waals surface area (Å²) in [6.45, 7) is 5.85. The van der Waals surface area contributed by atoms with E-state index in [9.17, 15) is 9.18 Å². The molecular formula is C18H19FN4OS. The van der Waals surface area contributed by atoms with Crippen molar-refractivity contribution >= 4 is 17.5 Å². The van der Waals surface area contributed by atoms with Crippen LogP contribution in [0, 0.1) is 19.7 Å². The lowest BCUT2D eigenvalue weighted by Gasteiger charge is -2.11. The van der Waals surface area contributed by atoms with Crippen molar-refractivity contribution < 1.29 is 9.18 Å². The Kier molecular flexibility index (Phi) is 5.03. The smallest absolute Gasteiger partial charge is 0.229 e. The number of benzene rings is 1. The molecular weight excluding hydrogens is 339 g/mol. The van der Waals surface area contributed by atoms with Gasteiger partial charge >= 0.3 is 0 Å². The Hall–Kier alpha value is -2.41. The zero-order chi connectivity index (χ0) is 18.0. The normalized spacial score (nSPS) is 12.3. The first-order valence-electron chi connectivity index (χ1n) is 7.92. The van der Waals surface area contributed by atoms with Crippen LogP contribution in [0.2, 0.25) is 0 Å². The number of aryl methyl sites for hydroxylation is 1. The number of hydrogen-bond acceptors (Lipinski definition) is 4. The van der Waals surface area contributed by atoms with Crippen LogP contribution in [0.25, 0.3) is 5.95 Å². The topological polar surface area (TPSA) is 63.6 Å². The minimum atomic E-state index is -0.253. The number of nitrogens with zero attached hydrogens (tertiary/aromatic N) is 3. The van der Waals surface area contributed by atoms with Crippen LogP contribution < -0.4 is 0 Å². The zero-order valence-corrected chi connectivity index (χ0v) is 15.1. The van der Waals surface area contributed by atoms with E-state index in [4.69, 9.17) is 0 Å². The van der Waals surface area contributed by atoms with Crippen LogP contribution in [0.4, 0.5) is 4.39 Å². The van der Waals surface area contributed by atoms with Crippen LogP contribution in [-0.2, 0) is 0 Å². The second kappa shape index (κ2) is 7.23. The predicted molar refractivity (Wildman–Crippen MR) is 96.8 cm³/mol. The molecule has 0 spiro atoms. The molecule has 0 amide bonds. The molecule has 0 radical (unpaired) electrons. The summed E-state index contributed by atoms with van der Waals surface area (Å²) in [4.78, 5) is 16.8. The van der Waals surface area contributed by atoms with Gasteiger partial charge in [0.15, 0.2) is 5.78 Å². The summed E-state index contributed by atoms with van der Waals surface area (Å²) >= 11 is 1.54. The van der Waals surface area contributed by atoms with Crippen molar-refractivity contribution in [3.05, 3.63) is 65.0 Å². The number of Topliss-reactive ketones (excluding diaryl/α,β-unsaturated/α-hetero) is 1. The highest BCUT2D eigenvalue weighted by Crippen LogP contribution is 2.29. The quantitative estimate of drug-likeness (QED) is 0.676. The van der Waals surface area contributed by atoms with Crippen molar-refractivity contribution in [1.82, 2.24) is 19.7 Å². The number of carbonyl (C=O) groups excluding carboxylic acids is 1. The van der Waals surface area contributed by atoms with Crippen LogP contribution in [-0.4, -0.2) is 31.3 Å². The summed E-state index contributed by atoms with van der Waals surface area (Å²) in [5.74, 6) is 0.773. The first-order chi connectivity index (χ1) is 12.0. The number of rotatable bonds is 6. The molecule has 0 saturated heterocycles. The van der Waals surface area contributed by atoms with Gasteiger partial charge in [0.05, 0.1) is 5.75 Å². The number of H-pyrrole nitrogens is 1. The van der Waals surface area contributed by atoms with E-state index in [1.165, 1.54) is 18.5 Å². The lowest BCUT2D eigenvalue weighted by Crippen LogP contribution is -2.07. The van der Waals surface area contributed by atoms with Crippen molar-refractivity contribution in [2.45, 2.75) is 26.0 Å². The molecule has 2 aromatic heterocycles. The molecule has 3 rings (SSSR count). The number of hydrogen-bond donors (Lipinski definition) is 1. The number of nitrogens with one attached hydrogen (secondary N) is 1.